The third-order valence-corrected chi connectivity index (χ3v) is 5.52. The van der Waals surface area contributed by atoms with E-state index in [0.717, 1.165) is 44.6 Å². The number of carbonyl (C=O) groups is 1. The monoisotopic (exact) mass is 303 g/mol. The van der Waals surface area contributed by atoms with Gasteiger partial charge in [0.25, 0.3) is 0 Å². The lowest BCUT2D eigenvalue weighted by molar-refractivity contribution is -0.144. The van der Waals surface area contributed by atoms with E-state index >= 15 is 0 Å². The largest absolute Gasteiger partial charge is 0.480 e. The number of thioether (sulfide) groups is 1. The lowest BCUT2D eigenvalue weighted by Gasteiger charge is -2.26. The minimum atomic E-state index is -0.773. The normalized spacial score (nSPS) is 25.6. The summed E-state index contributed by atoms with van der Waals surface area (Å²) in [5.74, 6) is 0.360. The smallest absolute Gasteiger partial charge is 0.323 e. The molecule has 1 aliphatic rings. The van der Waals surface area contributed by atoms with E-state index < -0.39 is 11.5 Å². The van der Waals surface area contributed by atoms with Crippen LogP contribution in [-0.2, 0) is 9.53 Å². The zero-order valence-electron chi connectivity index (χ0n) is 13.0. The summed E-state index contributed by atoms with van der Waals surface area (Å²) in [6, 6.07) is 0. The van der Waals surface area contributed by atoms with E-state index in [1.54, 1.807) is 6.92 Å². The number of aliphatic carboxylic acids is 1. The highest BCUT2D eigenvalue weighted by molar-refractivity contribution is 7.99. The molecule has 0 radical (unpaired) electrons. The van der Waals surface area contributed by atoms with Crippen molar-refractivity contribution >= 4 is 17.7 Å². The van der Waals surface area contributed by atoms with Crippen LogP contribution in [0.1, 0.15) is 52.9 Å². The Bertz CT molecular complexity index is 301. The van der Waals surface area contributed by atoms with Gasteiger partial charge in [-0.3, -0.25) is 4.79 Å². The van der Waals surface area contributed by atoms with Crippen molar-refractivity contribution < 1.29 is 14.6 Å². The molecule has 1 heterocycles. The molecule has 118 valence electrons. The van der Waals surface area contributed by atoms with E-state index in [-0.39, 0.29) is 0 Å². The van der Waals surface area contributed by atoms with Crippen LogP contribution in [0.25, 0.3) is 0 Å². The molecular formula is C15H29NO3S. The van der Waals surface area contributed by atoms with E-state index in [1.165, 1.54) is 0 Å². The molecule has 1 fully saturated rings. The second-order valence-corrected chi connectivity index (χ2v) is 7.14. The fraction of sp³-hybridized carbons (Fsp3) is 0.933. The third-order valence-electron chi connectivity index (χ3n) is 3.95. The van der Waals surface area contributed by atoms with Gasteiger partial charge >= 0.3 is 5.97 Å². The van der Waals surface area contributed by atoms with E-state index in [2.05, 4.69) is 19.2 Å². The van der Waals surface area contributed by atoms with Crippen LogP contribution in [0.5, 0.6) is 0 Å². The summed E-state index contributed by atoms with van der Waals surface area (Å²) in [6.45, 7) is 7.63. The van der Waals surface area contributed by atoms with Crippen molar-refractivity contribution in [1.82, 2.24) is 5.32 Å². The summed E-state index contributed by atoms with van der Waals surface area (Å²) in [6.07, 6.45) is 5.20. The SMILES string of the molecule is CCCNC(C)(CCCCSC1CCOC1C)C(=O)O. The van der Waals surface area contributed by atoms with Gasteiger partial charge in [-0.1, -0.05) is 13.3 Å². The summed E-state index contributed by atoms with van der Waals surface area (Å²) >= 11 is 1.98. The molecule has 0 aliphatic carbocycles. The molecule has 3 unspecified atom stereocenters. The van der Waals surface area contributed by atoms with Gasteiger partial charge in [0.2, 0.25) is 0 Å². The highest BCUT2D eigenvalue weighted by Gasteiger charge is 2.31. The Labute approximate surface area is 127 Å². The summed E-state index contributed by atoms with van der Waals surface area (Å²) in [7, 11) is 0. The molecule has 0 aromatic rings. The van der Waals surface area contributed by atoms with Gasteiger partial charge in [-0.2, -0.15) is 11.8 Å². The summed E-state index contributed by atoms with van der Waals surface area (Å²) < 4.78 is 5.54. The first-order valence-electron chi connectivity index (χ1n) is 7.71. The maximum absolute atomic E-state index is 11.4. The number of hydrogen-bond acceptors (Lipinski definition) is 4. The number of rotatable bonds is 10. The molecule has 0 bridgehead atoms. The standard InChI is InChI=1S/C15H29NO3S/c1-4-9-16-15(3,14(17)18)8-5-6-11-20-13-7-10-19-12(13)2/h12-13,16H,4-11H2,1-3H3,(H,17,18). The van der Waals surface area contributed by atoms with Gasteiger partial charge in [0.05, 0.1) is 6.10 Å². The highest BCUT2D eigenvalue weighted by atomic mass is 32.2. The van der Waals surface area contributed by atoms with Crippen LogP contribution < -0.4 is 5.32 Å². The fourth-order valence-electron chi connectivity index (χ4n) is 2.42. The second-order valence-electron chi connectivity index (χ2n) is 5.79. The maximum Gasteiger partial charge on any atom is 0.323 e. The lowest BCUT2D eigenvalue weighted by atomic mass is 9.95. The van der Waals surface area contributed by atoms with E-state index in [9.17, 15) is 9.90 Å². The van der Waals surface area contributed by atoms with Gasteiger partial charge in [-0.05, 0) is 51.8 Å². The van der Waals surface area contributed by atoms with E-state index in [4.69, 9.17) is 4.74 Å². The van der Waals surface area contributed by atoms with Crippen molar-refractivity contribution in [3.63, 3.8) is 0 Å². The molecule has 0 aromatic carbocycles. The van der Waals surface area contributed by atoms with E-state index in [1.807, 2.05) is 11.8 Å². The average molecular weight is 303 g/mol. The zero-order valence-corrected chi connectivity index (χ0v) is 13.8. The number of carboxylic acids is 1. The fourth-order valence-corrected chi connectivity index (χ4v) is 3.70. The van der Waals surface area contributed by atoms with Crippen molar-refractivity contribution in [2.45, 2.75) is 69.8 Å². The topological polar surface area (TPSA) is 58.6 Å². The van der Waals surface area contributed by atoms with Crippen molar-refractivity contribution in [2.24, 2.45) is 0 Å². The Balaban J connectivity index is 2.18. The molecule has 4 nitrogen and oxygen atoms in total. The Kier molecular flexibility index (Phi) is 7.92. The first-order chi connectivity index (χ1) is 9.49. The summed E-state index contributed by atoms with van der Waals surface area (Å²) in [5, 5.41) is 13.1. The first kappa shape index (κ1) is 17.8. The maximum atomic E-state index is 11.4. The average Bonchev–Trinajstić information content (AvgIpc) is 2.81. The van der Waals surface area contributed by atoms with Crippen LogP contribution in [0.15, 0.2) is 0 Å². The number of carboxylic acid groups (broad SMARTS) is 1. The highest BCUT2D eigenvalue weighted by Crippen LogP contribution is 2.27. The number of unbranched alkanes of at least 4 members (excludes halogenated alkanes) is 1. The predicted molar refractivity (Wildman–Crippen MR) is 84.5 cm³/mol. The Morgan fingerprint density at radius 3 is 2.80 bits per heavy atom. The van der Waals surface area contributed by atoms with E-state index in [0.29, 0.717) is 17.8 Å². The molecule has 1 saturated heterocycles. The van der Waals surface area contributed by atoms with Crippen LogP contribution in [0.3, 0.4) is 0 Å². The van der Waals surface area contributed by atoms with Crippen LogP contribution in [0.2, 0.25) is 0 Å². The van der Waals surface area contributed by atoms with Crippen molar-refractivity contribution in [1.29, 1.82) is 0 Å². The van der Waals surface area contributed by atoms with Crippen molar-refractivity contribution in [3.8, 4) is 0 Å². The Morgan fingerprint density at radius 1 is 1.50 bits per heavy atom. The Hall–Kier alpha value is -0.260. The molecule has 0 amide bonds. The third kappa shape index (κ3) is 5.62. The van der Waals surface area contributed by atoms with Gasteiger partial charge in [-0.15, -0.1) is 0 Å². The molecule has 3 atom stereocenters. The van der Waals surface area contributed by atoms with Crippen LogP contribution >= 0.6 is 11.8 Å². The molecule has 0 saturated carbocycles. The quantitative estimate of drug-likeness (QED) is 0.608. The van der Waals surface area contributed by atoms with Gasteiger partial charge in [0, 0.05) is 11.9 Å². The number of hydrogen-bond donors (Lipinski definition) is 2. The zero-order chi connectivity index (χ0) is 15.0. The summed E-state index contributed by atoms with van der Waals surface area (Å²) in [5.41, 5.74) is -0.773. The van der Waals surface area contributed by atoms with Gasteiger partial charge in [0.1, 0.15) is 5.54 Å². The molecule has 0 spiro atoms. The molecule has 0 aromatic heterocycles. The number of nitrogens with one attached hydrogen (secondary N) is 1. The van der Waals surface area contributed by atoms with Crippen molar-refractivity contribution in [3.05, 3.63) is 0 Å². The molecule has 1 aliphatic heterocycles. The van der Waals surface area contributed by atoms with Crippen LogP contribution in [-0.4, -0.2) is 46.9 Å². The number of ether oxygens (including phenoxy) is 1. The molecule has 5 heteroatoms. The molecule has 1 rings (SSSR count). The molecule has 2 N–H and O–H groups in total. The van der Waals surface area contributed by atoms with Crippen LogP contribution in [0.4, 0.5) is 0 Å². The summed E-state index contributed by atoms with van der Waals surface area (Å²) in [4.78, 5) is 11.4. The minimum Gasteiger partial charge on any atom is -0.480 e. The first-order valence-corrected chi connectivity index (χ1v) is 8.76. The minimum absolute atomic E-state index is 0.371. The van der Waals surface area contributed by atoms with Gasteiger partial charge in [-0.25, -0.2) is 0 Å². The second kappa shape index (κ2) is 8.90. The van der Waals surface area contributed by atoms with Crippen molar-refractivity contribution in [2.75, 3.05) is 18.9 Å². The van der Waals surface area contributed by atoms with Crippen LogP contribution in [0, 0.1) is 0 Å². The van der Waals surface area contributed by atoms with Gasteiger partial charge in [0.15, 0.2) is 0 Å². The lowest BCUT2D eigenvalue weighted by Crippen LogP contribution is -2.49. The molecular weight excluding hydrogens is 274 g/mol. The van der Waals surface area contributed by atoms with Gasteiger partial charge < -0.3 is 15.2 Å². The predicted octanol–water partition coefficient (Wildman–Crippen LogP) is 2.91. The molecule has 20 heavy (non-hydrogen) atoms. The Morgan fingerprint density at radius 2 is 2.25 bits per heavy atom.